The number of carbonyl (C=O) groups is 1. The Balaban J connectivity index is 3.94. The minimum atomic E-state index is -0.374. The van der Waals surface area contributed by atoms with E-state index in [1.165, 1.54) is 4.90 Å². The lowest BCUT2D eigenvalue weighted by molar-refractivity contribution is 0.232. The minimum absolute atomic E-state index is 0.374. The Morgan fingerprint density at radius 1 is 1.70 bits per heavy atom. The predicted octanol–water partition coefficient (Wildman–Crippen LogP) is 0.559. The summed E-state index contributed by atoms with van der Waals surface area (Å²) in [6.45, 7) is 1.82. The van der Waals surface area contributed by atoms with Crippen molar-refractivity contribution in [3.05, 3.63) is 12.3 Å². The Bertz CT molecular complexity index is 162. The second kappa shape index (κ2) is 4.55. The largest absolute Gasteiger partial charge is 0.390 e. The molecule has 0 fully saturated rings. The molecule has 0 atom stereocenters. The van der Waals surface area contributed by atoms with Gasteiger partial charge in [0.1, 0.15) is 0 Å². The fourth-order valence-corrected chi connectivity index (χ4v) is 0.442. The SMILES string of the molecule is C/C=C\N(C)C(=O)/N=C/N. The van der Waals surface area contributed by atoms with Crippen molar-refractivity contribution in [2.45, 2.75) is 6.92 Å². The summed E-state index contributed by atoms with van der Waals surface area (Å²) in [4.78, 5) is 15.4. The molecule has 56 valence electrons. The molecule has 0 saturated carbocycles. The zero-order valence-electron chi connectivity index (χ0n) is 6.11. The average Bonchev–Trinajstić information content (AvgIpc) is 1.89. The minimum Gasteiger partial charge on any atom is -0.390 e. The molecule has 4 heteroatoms. The second-order valence-electron chi connectivity index (χ2n) is 1.65. The van der Waals surface area contributed by atoms with Crippen LogP contribution >= 0.6 is 0 Å². The topological polar surface area (TPSA) is 58.7 Å². The van der Waals surface area contributed by atoms with E-state index < -0.39 is 0 Å². The quantitative estimate of drug-likeness (QED) is 0.428. The van der Waals surface area contributed by atoms with Crippen LogP contribution in [0.15, 0.2) is 17.3 Å². The van der Waals surface area contributed by atoms with Crippen molar-refractivity contribution in [3.63, 3.8) is 0 Å². The van der Waals surface area contributed by atoms with Gasteiger partial charge in [-0.3, -0.25) is 0 Å². The summed E-state index contributed by atoms with van der Waals surface area (Å²) < 4.78 is 0. The molecular weight excluding hydrogens is 130 g/mol. The number of hydrogen-bond acceptors (Lipinski definition) is 1. The van der Waals surface area contributed by atoms with E-state index in [0.29, 0.717) is 0 Å². The molecule has 0 rings (SSSR count). The highest BCUT2D eigenvalue weighted by Gasteiger charge is 1.98. The normalized spacial score (nSPS) is 11.0. The van der Waals surface area contributed by atoms with Crippen LogP contribution in [0.1, 0.15) is 6.92 Å². The number of nitrogens with two attached hydrogens (primary N) is 1. The van der Waals surface area contributed by atoms with Crippen LogP contribution < -0.4 is 5.73 Å². The highest BCUT2D eigenvalue weighted by Crippen LogP contribution is 1.88. The number of nitrogens with zero attached hydrogens (tertiary/aromatic N) is 2. The molecule has 0 bridgehead atoms. The first-order chi connectivity index (χ1) is 4.72. The van der Waals surface area contributed by atoms with Gasteiger partial charge in [-0.25, -0.2) is 4.79 Å². The molecule has 2 amide bonds. The Morgan fingerprint density at radius 3 is 2.70 bits per heavy atom. The van der Waals surface area contributed by atoms with Gasteiger partial charge in [0.05, 0.1) is 6.34 Å². The summed E-state index contributed by atoms with van der Waals surface area (Å²) in [6, 6.07) is -0.374. The summed E-state index contributed by atoms with van der Waals surface area (Å²) in [5.74, 6) is 0. The Morgan fingerprint density at radius 2 is 2.30 bits per heavy atom. The van der Waals surface area contributed by atoms with E-state index in [0.717, 1.165) is 6.34 Å². The summed E-state index contributed by atoms with van der Waals surface area (Å²) in [7, 11) is 1.61. The van der Waals surface area contributed by atoms with Crippen LogP contribution in [-0.4, -0.2) is 24.3 Å². The first kappa shape index (κ1) is 8.68. The van der Waals surface area contributed by atoms with Gasteiger partial charge in [-0.1, -0.05) is 6.08 Å². The van der Waals surface area contributed by atoms with Crippen LogP contribution in [0.4, 0.5) is 4.79 Å². The smallest absolute Gasteiger partial charge is 0.348 e. The molecule has 10 heavy (non-hydrogen) atoms. The van der Waals surface area contributed by atoms with E-state index in [1.54, 1.807) is 19.3 Å². The van der Waals surface area contributed by atoms with Crippen LogP contribution in [0, 0.1) is 0 Å². The summed E-state index contributed by atoms with van der Waals surface area (Å²) in [6.07, 6.45) is 4.32. The number of hydrogen-bond donors (Lipinski definition) is 1. The standard InChI is InChI=1S/C6H11N3O/c1-3-4-9(2)6(10)8-5-7/h3-5H,1-2H3,(H2,7,8,10)/b4-3-. The lowest BCUT2D eigenvalue weighted by Gasteiger charge is -2.05. The highest BCUT2D eigenvalue weighted by atomic mass is 16.2. The monoisotopic (exact) mass is 141 g/mol. The van der Waals surface area contributed by atoms with Crippen LogP contribution in [-0.2, 0) is 0 Å². The maximum Gasteiger partial charge on any atom is 0.348 e. The highest BCUT2D eigenvalue weighted by molar-refractivity contribution is 5.82. The zero-order chi connectivity index (χ0) is 7.98. The van der Waals surface area contributed by atoms with Gasteiger partial charge in [0, 0.05) is 13.2 Å². The average molecular weight is 141 g/mol. The van der Waals surface area contributed by atoms with Gasteiger partial charge in [0.25, 0.3) is 0 Å². The molecule has 0 aliphatic heterocycles. The van der Waals surface area contributed by atoms with E-state index in [4.69, 9.17) is 5.73 Å². The third-order valence-corrected chi connectivity index (χ3v) is 0.859. The molecule has 0 unspecified atom stereocenters. The number of rotatable bonds is 1. The van der Waals surface area contributed by atoms with Gasteiger partial charge >= 0.3 is 6.03 Å². The lowest BCUT2D eigenvalue weighted by atomic mass is 10.6. The van der Waals surface area contributed by atoms with Gasteiger partial charge in [-0.15, -0.1) is 0 Å². The fraction of sp³-hybridized carbons (Fsp3) is 0.333. The summed E-state index contributed by atoms with van der Waals surface area (Å²) in [5, 5.41) is 0. The van der Waals surface area contributed by atoms with Crippen LogP contribution in [0.5, 0.6) is 0 Å². The maximum atomic E-state index is 10.7. The van der Waals surface area contributed by atoms with Crippen molar-refractivity contribution in [3.8, 4) is 0 Å². The van der Waals surface area contributed by atoms with Crippen molar-refractivity contribution in [2.24, 2.45) is 10.7 Å². The van der Waals surface area contributed by atoms with Gasteiger partial charge in [-0.2, -0.15) is 4.99 Å². The first-order valence-corrected chi connectivity index (χ1v) is 2.86. The number of aliphatic imine (C=N–C) groups is 1. The number of allylic oxidation sites excluding steroid dienone is 1. The molecule has 0 spiro atoms. The molecule has 0 heterocycles. The molecule has 0 aromatic heterocycles. The first-order valence-electron chi connectivity index (χ1n) is 2.86. The van der Waals surface area contributed by atoms with E-state index in [1.807, 2.05) is 6.92 Å². The molecule has 4 nitrogen and oxygen atoms in total. The maximum absolute atomic E-state index is 10.7. The summed E-state index contributed by atoms with van der Waals surface area (Å²) >= 11 is 0. The number of carbonyl (C=O) groups excluding carboxylic acids is 1. The van der Waals surface area contributed by atoms with Gasteiger partial charge in [0.15, 0.2) is 0 Å². The molecular formula is C6H11N3O. The third kappa shape index (κ3) is 2.86. The number of amides is 2. The van der Waals surface area contributed by atoms with Crippen molar-refractivity contribution in [1.82, 2.24) is 4.90 Å². The molecule has 0 radical (unpaired) electrons. The molecule has 0 aromatic carbocycles. The molecule has 0 saturated heterocycles. The Kier molecular flexibility index (Phi) is 3.95. The Hall–Kier alpha value is -1.32. The predicted molar refractivity (Wildman–Crippen MR) is 40.7 cm³/mol. The van der Waals surface area contributed by atoms with Crippen LogP contribution in [0.3, 0.4) is 0 Å². The van der Waals surface area contributed by atoms with Gasteiger partial charge < -0.3 is 10.6 Å². The van der Waals surface area contributed by atoms with Crippen LogP contribution in [0.2, 0.25) is 0 Å². The summed E-state index contributed by atoms with van der Waals surface area (Å²) in [5.41, 5.74) is 4.90. The lowest BCUT2D eigenvalue weighted by Crippen LogP contribution is -2.17. The van der Waals surface area contributed by atoms with Crippen molar-refractivity contribution in [1.29, 1.82) is 0 Å². The molecule has 2 N–H and O–H groups in total. The number of urea groups is 1. The van der Waals surface area contributed by atoms with E-state index in [-0.39, 0.29) is 6.03 Å². The molecule has 0 aromatic rings. The van der Waals surface area contributed by atoms with E-state index >= 15 is 0 Å². The second-order valence-corrected chi connectivity index (χ2v) is 1.65. The van der Waals surface area contributed by atoms with E-state index in [2.05, 4.69) is 4.99 Å². The van der Waals surface area contributed by atoms with Gasteiger partial charge in [0.2, 0.25) is 0 Å². The molecule has 0 aliphatic carbocycles. The van der Waals surface area contributed by atoms with E-state index in [9.17, 15) is 4.79 Å². The van der Waals surface area contributed by atoms with Crippen LogP contribution in [0.25, 0.3) is 0 Å². The van der Waals surface area contributed by atoms with Gasteiger partial charge in [-0.05, 0) is 6.92 Å². The third-order valence-electron chi connectivity index (χ3n) is 0.859. The molecule has 0 aliphatic rings. The van der Waals surface area contributed by atoms with Crippen molar-refractivity contribution in [2.75, 3.05) is 7.05 Å². The van der Waals surface area contributed by atoms with Crippen molar-refractivity contribution < 1.29 is 4.79 Å². The zero-order valence-corrected chi connectivity index (χ0v) is 6.11. The Labute approximate surface area is 60.0 Å². The fourth-order valence-electron chi connectivity index (χ4n) is 0.442. The van der Waals surface area contributed by atoms with Crippen molar-refractivity contribution >= 4 is 12.4 Å².